The lowest BCUT2D eigenvalue weighted by molar-refractivity contribution is 0.294. The van der Waals surface area contributed by atoms with E-state index in [1.54, 1.807) is 6.20 Å². The number of para-hydroxylation sites is 1. The van der Waals surface area contributed by atoms with E-state index < -0.39 is 0 Å². The summed E-state index contributed by atoms with van der Waals surface area (Å²) in [4.78, 5) is 4.36. The Morgan fingerprint density at radius 2 is 2.05 bits per heavy atom. The zero-order chi connectivity index (χ0) is 14.4. The molecule has 3 heteroatoms. The molecule has 0 amide bonds. The topological polar surface area (TPSA) is 45.9 Å². The van der Waals surface area contributed by atoms with Crippen LogP contribution in [0.5, 0.6) is 5.75 Å². The van der Waals surface area contributed by atoms with Gasteiger partial charge < -0.3 is 4.74 Å². The van der Waals surface area contributed by atoms with Crippen LogP contribution in [0.25, 0.3) is 10.9 Å². The number of ether oxygens (including phenoxy) is 1. The first-order chi connectivity index (χ1) is 9.61. The number of hydrogen-bond donors (Lipinski definition) is 0. The molecule has 2 aromatic rings. The van der Waals surface area contributed by atoms with E-state index in [1.165, 1.54) is 0 Å². The van der Waals surface area contributed by atoms with Crippen molar-refractivity contribution in [1.82, 2.24) is 4.98 Å². The smallest absolute Gasteiger partial charge is 0.138 e. The standard InChI is InChI=1S/C17H20N2O/c1-17(2,13-18)9-5-6-10-20-15-11-14-7-3-4-8-16(14)19-12-15/h3-4,7-8,11-12H,5-6,9-10H2,1-2H3. The van der Waals surface area contributed by atoms with Crippen LogP contribution in [0.1, 0.15) is 33.1 Å². The molecule has 0 aliphatic carbocycles. The van der Waals surface area contributed by atoms with Gasteiger partial charge in [0.25, 0.3) is 0 Å². The fourth-order valence-corrected chi connectivity index (χ4v) is 2.04. The predicted octanol–water partition coefficient (Wildman–Crippen LogP) is 4.33. The highest BCUT2D eigenvalue weighted by atomic mass is 16.5. The van der Waals surface area contributed by atoms with Crippen LogP contribution in [0.4, 0.5) is 0 Å². The lowest BCUT2D eigenvalue weighted by Gasteiger charge is -2.14. The van der Waals surface area contributed by atoms with Crippen LogP contribution in [-0.4, -0.2) is 11.6 Å². The number of fused-ring (bicyclic) bond motifs is 1. The van der Waals surface area contributed by atoms with Gasteiger partial charge in [0, 0.05) is 5.39 Å². The molecule has 1 aromatic heterocycles. The summed E-state index contributed by atoms with van der Waals surface area (Å²) in [6, 6.07) is 12.3. The van der Waals surface area contributed by atoms with Crippen LogP contribution in [0.3, 0.4) is 0 Å². The Kier molecular flexibility index (Phi) is 4.57. The van der Waals surface area contributed by atoms with E-state index in [-0.39, 0.29) is 5.41 Å². The van der Waals surface area contributed by atoms with Gasteiger partial charge in [-0.1, -0.05) is 18.2 Å². The molecule has 0 spiro atoms. The number of nitriles is 1. The van der Waals surface area contributed by atoms with Crippen molar-refractivity contribution in [1.29, 1.82) is 5.26 Å². The van der Waals surface area contributed by atoms with Gasteiger partial charge in [0.2, 0.25) is 0 Å². The van der Waals surface area contributed by atoms with E-state index in [0.717, 1.165) is 35.9 Å². The fraction of sp³-hybridized carbons (Fsp3) is 0.412. The summed E-state index contributed by atoms with van der Waals surface area (Å²) >= 11 is 0. The molecule has 0 saturated heterocycles. The van der Waals surface area contributed by atoms with Crippen molar-refractivity contribution in [2.45, 2.75) is 33.1 Å². The van der Waals surface area contributed by atoms with Crippen molar-refractivity contribution >= 4 is 10.9 Å². The summed E-state index contributed by atoms with van der Waals surface area (Å²) < 4.78 is 5.72. The molecule has 1 heterocycles. The van der Waals surface area contributed by atoms with E-state index in [9.17, 15) is 0 Å². The molecule has 0 atom stereocenters. The van der Waals surface area contributed by atoms with E-state index in [2.05, 4.69) is 11.1 Å². The minimum absolute atomic E-state index is 0.232. The average Bonchev–Trinajstić information content (AvgIpc) is 2.46. The monoisotopic (exact) mass is 268 g/mol. The normalized spacial score (nSPS) is 11.2. The molecule has 0 unspecified atom stereocenters. The minimum atomic E-state index is -0.232. The molecular weight excluding hydrogens is 248 g/mol. The molecule has 0 fully saturated rings. The second-order valence-electron chi connectivity index (χ2n) is 5.66. The lowest BCUT2D eigenvalue weighted by Crippen LogP contribution is -2.08. The maximum Gasteiger partial charge on any atom is 0.138 e. The minimum Gasteiger partial charge on any atom is -0.492 e. The Labute approximate surface area is 120 Å². The fourth-order valence-electron chi connectivity index (χ4n) is 2.04. The second kappa shape index (κ2) is 6.38. The van der Waals surface area contributed by atoms with Crippen molar-refractivity contribution in [3.63, 3.8) is 0 Å². The van der Waals surface area contributed by atoms with Crippen molar-refractivity contribution < 1.29 is 4.74 Å². The summed E-state index contributed by atoms with van der Waals surface area (Å²) in [5, 5.41) is 10.0. The number of unbranched alkanes of at least 4 members (excludes halogenated alkanes) is 1. The first-order valence-corrected chi connectivity index (χ1v) is 7.00. The Morgan fingerprint density at radius 1 is 1.25 bits per heavy atom. The summed E-state index contributed by atoms with van der Waals surface area (Å²) in [6.07, 6.45) is 4.63. The number of nitrogens with zero attached hydrogens (tertiary/aromatic N) is 2. The zero-order valence-electron chi connectivity index (χ0n) is 12.1. The van der Waals surface area contributed by atoms with Crippen LogP contribution < -0.4 is 4.74 Å². The highest BCUT2D eigenvalue weighted by Crippen LogP contribution is 2.22. The summed E-state index contributed by atoms with van der Waals surface area (Å²) in [5.74, 6) is 0.809. The molecular formula is C17H20N2O. The molecule has 20 heavy (non-hydrogen) atoms. The van der Waals surface area contributed by atoms with Gasteiger partial charge in [-0.25, -0.2) is 0 Å². The Balaban J connectivity index is 1.80. The molecule has 0 saturated carbocycles. The zero-order valence-corrected chi connectivity index (χ0v) is 12.1. The number of rotatable bonds is 6. The van der Waals surface area contributed by atoms with E-state index in [1.807, 2.05) is 44.2 Å². The maximum absolute atomic E-state index is 8.94. The third-order valence-electron chi connectivity index (χ3n) is 3.33. The average molecular weight is 268 g/mol. The van der Waals surface area contributed by atoms with Gasteiger partial charge in [0.05, 0.1) is 29.8 Å². The van der Waals surface area contributed by atoms with Crippen LogP contribution in [0, 0.1) is 16.7 Å². The Bertz CT molecular complexity index is 614. The maximum atomic E-state index is 8.94. The van der Waals surface area contributed by atoms with Gasteiger partial charge in [0.15, 0.2) is 0 Å². The van der Waals surface area contributed by atoms with Crippen molar-refractivity contribution in [3.8, 4) is 11.8 Å². The SMILES string of the molecule is CC(C)(C#N)CCCCOc1cnc2ccccc2c1. The third-order valence-corrected chi connectivity index (χ3v) is 3.33. The summed E-state index contributed by atoms with van der Waals surface area (Å²) in [7, 11) is 0. The predicted molar refractivity (Wildman–Crippen MR) is 80.5 cm³/mol. The lowest BCUT2D eigenvalue weighted by atomic mass is 9.89. The van der Waals surface area contributed by atoms with Gasteiger partial charge >= 0.3 is 0 Å². The van der Waals surface area contributed by atoms with E-state index in [4.69, 9.17) is 10.00 Å². The van der Waals surface area contributed by atoms with Crippen LogP contribution in [0.2, 0.25) is 0 Å². The van der Waals surface area contributed by atoms with Crippen molar-refractivity contribution in [2.24, 2.45) is 5.41 Å². The molecule has 0 bridgehead atoms. The first kappa shape index (κ1) is 14.3. The molecule has 2 rings (SSSR count). The van der Waals surface area contributed by atoms with Crippen molar-refractivity contribution in [2.75, 3.05) is 6.61 Å². The molecule has 0 N–H and O–H groups in total. The molecule has 0 radical (unpaired) electrons. The number of hydrogen-bond acceptors (Lipinski definition) is 3. The van der Waals surface area contributed by atoms with Gasteiger partial charge in [-0.15, -0.1) is 0 Å². The second-order valence-corrected chi connectivity index (χ2v) is 5.66. The van der Waals surface area contributed by atoms with Gasteiger partial charge in [-0.3, -0.25) is 4.98 Å². The molecule has 1 aromatic carbocycles. The van der Waals surface area contributed by atoms with Gasteiger partial charge in [-0.05, 0) is 45.2 Å². The highest BCUT2D eigenvalue weighted by Gasteiger charge is 2.15. The number of pyridine rings is 1. The Hall–Kier alpha value is -2.08. The van der Waals surface area contributed by atoms with Gasteiger partial charge in [-0.2, -0.15) is 5.26 Å². The van der Waals surface area contributed by atoms with E-state index in [0.29, 0.717) is 6.61 Å². The highest BCUT2D eigenvalue weighted by molar-refractivity contribution is 5.79. The van der Waals surface area contributed by atoms with Gasteiger partial charge in [0.1, 0.15) is 5.75 Å². The number of benzene rings is 1. The molecule has 104 valence electrons. The van der Waals surface area contributed by atoms with Crippen molar-refractivity contribution in [3.05, 3.63) is 36.5 Å². The van der Waals surface area contributed by atoms with E-state index >= 15 is 0 Å². The summed E-state index contributed by atoms with van der Waals surface area (Å²) in [6.45, 7) is 4.61. The quantitative estimate of drug-likeness (QED) is 0.732. The Morgan fingerprint density at radius 3 is 2.85 bits per heavy atom. The largest absolute Gasteiger partial charge is 0.492 e. The molecule has 3 nitrogen and oxygen atoms in total. The summed E-state index contributed by atoms with van der Waals surface area (Å²) in [5.41, 5.74) is 0.750. The first-order valence-electron chi connectivity index (χ1n) is 7.00. The van der Waals surface area contributed by atoms with Crippen LogP contribution in [0.15, 0.2) is 36.5 Å². The van der Waals surface area contributed by atoms with Crippen LogP contribution in [-0.2, 0) is 0 Å². The molecule has 0 aliphatic heterocycles. The number of aromatic nitrogens is 1. The third kappa shape index (κ3) is 3.96. The van der Waals surface area contributed by atoms with Crippen LogP contribution >= 0.6 is 0 Å². The molecule has 0 aliphatic rings.